The van der Waals surface area contributed by atoms with Crippen LogP contribution in [0.3, 0.4) is 0 Å². The highest BCUT2D eigenvalue weighted by Crippen LogP contribution is 2.26. The number of ether oxygens (including phenoxy) is 2. The molecule has 4 nitrogen and oxygen atoms in total. The third-order valence-electron chi connectivity index (χ3n) is 2.37. The Bertz CT molecular complexity index is 549. The molecule has 1 N–H and O–H groups in total. The first-order valence-electron chi connectivity index (χ1n) is 5.35. The molecule has 0 amide bonds. The molecule has 0 atom stereocenters. The van der Waals surface area contributed by atoms with E-state index in [4.69, 9.17) is 9.47 Å². The zero-order valence-corrected chi connectivity index (χ0v) is 9.79. The Morgan fingerprint density at radius 1 is 1.11 bits per heavy atom. The van der Waals surface area contributed by atoms with Gasteiger partial charge in [0.1, 0.15) is 5.75 Å². The molecule has 92 valence electrons. The minimum atomic E-state index is -0.500. The lowest BCUT2D eigenvalue weighted by molar-refractivity contribution is 0.0734. The Morgan fingerprint density at radius 3 is 2.50 bits per heavy atom. The van der Waals surface area contributed by atoms with Gasteiger partial charge in [-0.2, -0.15) is 0 Å². The number of esters is 1. The molecule has 0 fully saturated rings. The van der Waals surface area contributed by atoms with Gasteiger partial charge in [-0.15, -0.1) is 0 Å². The van der Waals surface area contributed by atoms with Gasteiger partial charge < -0.3 is 14.6 Å². The van der Waals surface area contributed by atoms with Gasteiger partial charge in [0.05, 0.1) is 12.7 Å². The molecule has 2 aromatic rings. The monoisotopic (exact) mass is 244 g/mol. The van der Waals surface area contributed by atoms with Gasteiger partial charge in [-0.25, -0.2) is 4.79 Å². The Morgan fingerprint density at radius 2 is 1.83 bits per heavy atom. The number of hydrogen-bond donors (Lipinski definition) is 1. The number of phenols is 1. The van der Waals surface area contributed by atoms with Crippen molar-refractivity contribution in [1.29, 1.82) is 0 Å². The molecule has 0 saturated heterocycles. The summed E-state index contributed by atoms with van der Waals surface area (Å²) in [5, 5.41) is 9.43. The average Bonchev–Trinajstić information content (AvgIpc) is 2.40. The van der Waals surface area contributed by atoms with Crippen molar-refractivity contribution in [1.82, 2.24) is 0 Å². The van der Waals surface area contributed by atoms with Crippen molar-refractivity contribution in [3.05, 3.63) is 54.1 Å². The molecule has 0 unspecified atom stereocenters. The van der Waals surface area contributed by atoms with Gasteiger partial charge in [0.25, 0.3) is 0 Å². The molecular weight excluding hydrogens is 232 g/mol. The topological polar surface area (TPSA) is 55.8 Å². The Balaban J connectivity index is 2.19. The average molecular weight is 244 g/mol. The third-order valence-corrected chi connectivity index (χ3v) is 2.37. The molecule has 0 radical (unpaired) electrons. The lowest BCUT2D eigenvalue weighted by Gasteiger charge is -2.07. The van der Waals surface area contributed by atoms with E-state index in [1.54, 1.807) is 24.3 Å². The van der Waals surface area contributed by atoms with Crippen molar-refractivity contribution < 1.29 is 19.4 Å². The van der Waals surface area contributed by atoms with Crippen LogP contribution in [0.5, 0.6) is 17.2 Å². The quantitative estimate of drug-likeness (QED) is 0.666. The fraction of sp³-hybridized carbons (Fsp3) is 0.0714. The van der Waals surface area contributed by atoms with Crippen LogP contribution in [0, 0.1) is 0 Å². The van der Waals surface area contributed by atoms with E-state index in [1.165, 1.54) is 25.3 Å². The van der Waals surface area contributed by atoms with Gasteiger partial charge >= 0.3 is 5.97 Å². The van der Waals surface area contributed by atoms with Crippen molar-refractivity contribution in [2.24, 2.45) is 0 Å². The van der Waals surface area contributed by atoms with Gasteiger partial charge in [0, 0.05) is 0 Å². The number of aromatic hydroxyl groups is 1. The van der Waals surface area contributed by atoms with Gasteiger partial charge in [0.15, 0.2) is 11.5 Å². The Kier molecular flexibility index (Phi) is 3.48. The lowest BCUT2D eigenvalue weighted by atomic mass is 10.2. The summed E-state index contributed by atoms with van der Waals surface area (Å²) in [6, 6.07) is 13.1. The second-order valence-electron chi connectivity index (χ2n) is 3.59. The lowest BCUT2D eigenvalue weighted by Crippen LogP contribution is -2.08. The summed E-state index contributed by atoms with van der Waals surface area (Å²) in [4.78, 5) is 11.8. The van der Waals surface area contributed by atoms with Crippen LogP contribution in [0.15, 0.2) is 48.5 Å². The maximum Gasteiger partial charge on any atom is 0.343 e. The highest BCUT2D eigenvalue weighted by molar-refractivity contribution is 5.91. The largest absolute Gasteiger partial charge is 0.504 e. The molecule has 0 saturated carbocycles. The zero-order chi connectivity index (χ0) is 13.0. The maximum atomic E-state index is 11.8. The molecule has 0 spiro atoms. The minimum Gasteiger partial charge on any atom is -0.504 e. The number of carbonyl (C=O) groups is 1. The highest BCUT2D eigenvalue weighted by Gasteiger charge is 2.11. The first-order chi connectivity index (χ1) is 8.70. The number of para-hydroxylation sites is 1. The predicted molar refractivity (Wildman–Crippen MR) is 66.1 cm³/mol. The number of hydrogen-bond acceptors (Lipinski definition) is 4. The fourth-order valence-electron chi connectivity index (χ4n) is 1.46. The fourth-order valence-corrected chi connectivity index (χ4v) is 1.46. The number of methoxy groups -OCH3 is 1. The molecule has 0 aliphatic heterocycles. The minimum absolute atomic E-state index is 0.0197. The van der Waals surface area contributed by atoms with Crippen molar-refractivity contribution in [3.63, 3.8) is 0 Å². The predicted octanol–water partition coefficient (Wildman–Crippen LogP) is 2.62. The summed E-state index contributed by atoms with van der Waals surface area (Å²) in [7, 11) is 1.42. The first kappa shape index (κ1) is 12.0. The van der Waals surface area contributed by atoms with Gasteiger partial charge in [-0.1, -0.05) is 18.2 Å². The third kappa shape index (κ3) is 2.60. The van der Waals surface area contributed by atoms with Gasteiger partial charge in [-0.3, -0.25) is 0 Å². The highest BCUT2D eigenvalue weighted by atomic mass is 16.5. The van der Waals surface area contributed by atoms with E-state index < -0.39 is 5.97 Å². The standard InChI is InChI=1S/C14H12O4/c1-17-13-9-10(7-8-12(13)15)14(16)18-11-5-3-2-4-6-11/h2-9,15H,1H3. The molecule has 18 heavy (non-hydrogen) atoms. The number of benzene rings is 2. The Labute approximate surface area is 104 Å². The van der Waals surface area contributed by atoms with E-state index >= 15 is 0 Å². The normalized spacial score (nSPS) is 9.83. The van der Waals surface area contributed by atoms with E-state index in [-0.39, 0.29) is 11.5 Å². The number of carbonyl (C=O) groups excluding carboxylic acids is 1. The molecule has 0 heterocycles. The summed E-state index contributed by atoms with van der Waals surface area (Å²) in [5.41, 5.74) is 0.313. The summed E-state index contributed by atoms with van der Waals surface area (Å²) in [6.45, 7) is 0. The molecular formula is C14H12O4. The number of rotatable bonds is 3. The van der Waals surface area contributed by atoms with Crippen molar-refractivity contribution in [2.75, 3.05) is 7.11 Å². The summed E-state index contributed by atoms with van der Waals surface area (Å²) < 4.78 is 10.1. The van der Waals surface area contributed by atoms with Crippen LogP contribution in [-0.2, 0) is 0 Å². The van der Waals surface area contributed by atoms with Crippen LogP contribution in [0.4, 0.5) is 0 Å². The molecule has 2 aromatic carbocycles. The van der Waals surface area contributed by atoms with Crippen LogP contribution in [0.1, 0.15) is 10.4 Å². The van der Waals surface area contributed by atoms with Crippen molar-refractivity contribution >= 4 is 5.97 Å². The van der Waals surface area contributed by atoms with Crippen LogP contribution in [0.25, 0.3) is 0 Å². The van der Waals surface area contributed by atoms with Crippen molar-refractivity contribution in [2.45, 2.75) is 0 Å². The van der Waals surface area contributed by atoms with Crippen LogP contribution < -0.4 is 9.47 Å². The second-order valence-corrected chi connectivity index (χ2v) is 3.59. The molecule has 0 aliphatic rings. The molecule has 4 heteroatoms. The molecule has 2 rings (SSSR count). The van der Waals surface area contributed by atoms with Crippen molar-refractivity contribution in [3.8, 4) is 17.2 Å². The molecule has 0 bridgehead atoms. The molecule has 0 aliphatic carbocycles. The Hall–Kier alpha value is -2.49. The van der Waals surface area contributed by atoms with E-state index in [0.717, 1.165) is 0 Å². The second kappa shape index (κ2) is 5.23. The SMILES string of the molecule is COc1cc(C(=O)Oc2ccccc2)ccc1O. The zero-order valence-electron chi connectivity index (χ0n) is 9.79. The maximum absolute atomic E-state index is 11.8. The van der Waals surface area contributed by atoms with Crippen LogP contribution >= 0.6 is 0 Å². The molecule has 0 aromatic heterocycles. The van der Waals surface area contributed by atoms with Crippen LogP contribution in [0.2, 0.25) is 0 Å². The van der Waals surface area contributed by atoms with Gasteiger partial charge in [-0.05, 0) is 30.3 Å². The van der Waals surface area contributed by atoms with E-state index in [0.29, 0.717) is 11.3 Å². The van der Waals surface area contributed by atoms with E-state index in [9.17, 15) is 9.90 Å². The van der Waals surface area contributed by atoms with E-state index in [1.807, 2.05) is 6.07 Å². The smallest absolute Gasteiger partial charge is 0.343 e. The van der Waals surface area contributed by atoms with Crippen LogP contribution in [-0.4, -0.2) is 18.2 Å². The van der Waals surface area contributed by atoms with E-state index in [2.05, 4.69) is 0 Å². The van der Waals surface area contributed by atoms with Gasteiger partial charge in [0.2, 0.25) is 0 Å². The number of phenolic OH excluding ortho intramolecular Hbond substituents is 1. The summed E-state index contributed by atoms with van der Waals surface area (Å²) in [6.07, 6.45) is 0. The first-order valence-corrected chi connectivity index (χ1v) is 5.35. The summed E-state index contributed by atoms with van der Waals surface area (Å²) >= 11 is 0. The summed E-state index contributed by atoms with van der Waals surface area (Å²) in [5.74, 6) is 0.181.